The molecule has 0 saturated carbocycles. The molecule has 1 N–H and O–H groups in total. The molecule has 0 heterocycles. The summed E-state index contributed by atoms with van der Waals surface area (Å²) in [6.07, 6.45) is -6.67. The van der Waals surface area contributed by atoms with Gasteiger partial charge in [-0.05, 0) is 51.1 Å². The summed E-state index contributed by atoms with van der Waals surface area (Å²) in [4.78, 5) is 24.2. The van der Waals surface area contributed by atoms with Crippen molar-refractivity contribution in [3.8, 4) is 0 Å². The number of carbonyl (C=O) groups is 2. The number of carboxylic acid groups (broad SMARTS) is 1. The Bertz CT molecular complexity index is 877. The lowest BCUT2D eigenvalue weighted by molar-refractivity contribution is -0.122. The summed E-state index contributed by atoms with van der Waals surface area (Å²) in [6.45, 7) is 4.59. The molecule has 2 aromatic carbocycles. The maximum atomic E-state index is 14.3. The topological polar surface area (TPSA) is 60.9 Å². The molecule has 0 unspecified atom stereocenters. The highest BCUT2D eigenvalue weighted by Gasteiger charge is 2.44. The Kier molecular flexibility index (Phi) is 5.67. The predicted molar refractivity (Wildman–Crippen MR) is 96.0 cm³/mol. The van der Waals surface area contributed by atoms with E-state index in [1.165, 1.54) is 51.1 Å². The monoisotopic (exact) mass is 398 g/mol. The number of rotatable bonds is 3. The van der Waals surface area contributed by atoms with Crippen molar-refractivity contribution in [1.29, 1.82) is 0 Å². The summed E-state index contributed by atoms with van der Waals surface area (Å²) in [5, 5.41) is 9.44. The minimum absolute atomic E-state index is 0.202. The molecule has 0 aliphatic carbocycles. The zero-order valence-corrected chi connectivity index (χ0v) is 15.3. The first-order valence-corrected chi connectivity index (χ1v) is 8.13. The number of alkyl halides is 3. The standard InChI is InChI=1S/C19H18F4N2O3/c1-18(2,3)24(17(27)28)13-9-10-14(20)15(11-13)25(19(21,22)23)16(26)12-7-5-4-6-8-12/h4-11H,1-3H3,(H,27,28). The SMILES string of the molecule is CC(C)(C)N(C(=O)O)c1ccc(F)c(N(C(=O)c2ccccc2)C(F)(F)F)c1. The Morgan fingerprint density at radius 3 is 1.96 bits per heavy atom. The molecule has 0 fully saturated rings. The van der Waals surface area contributed by atoms with E-state index in [-0.39, 0.29) is 11.3 Å². The van der Waals surface area contributed by atoms with E-state index in [1.807, 2.05) is 0 Å². The van der Waals surface area contributed by atoms with Crippen LogP contribution in [0.4, 0.5) is 33.7 Å². The molecular weight excluding hydrogens is 380 g/mol. The molecule has 9 heteroatoms. The van der Waals surface area contributed by atoms with Gasteiger partial charge < -0.3 is 5.11 Å². The van der Waals surface area contributed by atoms with Gasteiger partial charge in [0.2, 0.25) is 0 Å². The fourth-order valence-corrected chi connectivity index (χ4v) is 2.67. The lowest BCUT2D eigenvalue weighted by atomic mass is 10.0. The Hall–Kier alpha value is -3.10. The molecule has 0 aliphatic rings. The molecule has 0 radical (unpaired) electrons. The number of halogens is 4. The van der Waals surface area contributed by atoms with Crippen molar-refractivity contribution in [2.45, 2.75) is 32.6 Å². The molecule has 2 amide bonds. The van der Waals surface area contributed by atoms with Gasteiger partial charge in [-0.1, -0.05) is 18.2 Å². The van der Waals surface area contributed by atoms with Gasteiger partial charge in [-0.2, -0.15) is 0 Å². The number of benzene rings is 2. The third-order valence-corrected chi connectivity index (χ3v) is 3.77. The third-order valence-electron chi connectivity index (χ3n) is 3.77. The molecule has 5 nitrogen and oxygen atoms in total. The molecule has 2 aromatic rings. The van der Waals surface area contributed by atoms with Crippen molar-refractivity contribution in [3.63, 3.8) is 0 Å². The quantitative estimate of drug-likeness (QED) is 0.566. The molecule has 0 bridgehead atoms. The molecule has 0 spiro atoms. The van der Waals surface area contributed by atoms with Crippen LogP contribution in [0.2, 0.25) is 0 Å². The maximum Gasteiger partial charge on any atom is 0.491 e. The Balaban J connectivity index is 2.65. The van der Waals surface area contributed by atoms with Gasteiger partial charge in [0.05, 0.1) is 5.69 Å². The van der Waals surface area contributed by atoms with Crippen molar-refractivity contribution in [2.24, 2.45) is 0 Å². The Morgan fingerprint density at radius 2 is 1.50 bits per heavy atom. The van der Waals surface area contributed by atoms with Crippen molar-refractivity contribution in [1.82, 2.24) is 0 Å². The van der Waals surface area contributed by atoms with Crippen LogP contribution in [0.1, 0.15) is 31.1 Å². The highest BCUT2D eigenvalue weighted by atomic mass is 19.4. The van der Waals surface area contributed by atoms with Crippen molar-refractivity contribution in [3.05, 3.63) is 59.9 Å². The van der Waals surface area contributed by atoms with E-state index in [9.17, 15) is 32.3 Å². The van der Waals surface area contributed by atoms with E-state index in [1.54, 1.807) is 0 Å². The van der Waals surface area contributed by atoms with E-state index in [2.05, 4.69) is 0 Å². The Morgan fingerprint density at radius 1 is 0.929 bits per heavy atom. The van der Waals surface area contributed by atoms with Gasteiger partial charge in [0.1, 0.15) is 5.82 Å². The lowest BCUT2D eigenvalue weighted by Gasteiger charge is -2.34. The second-order valence-corrected chi connectivity index (χ2v) is 6.90. The highest BCUT2D eigenvalue weighted by Crippen LogP contribution is 2.36. The average Bonchev–Trinajstić information content (AvgIpc) is 2.55. The second-order valence-electron chi connectivity index (χ2n) is 6.90. The fourth-order valence-electron chi connectivity index (χ4n) is 2.67. The summed E-state index contributed by atoms with van der Waals surface area (Å²) < 4.78 is 55.3. The van der Waals surface area contributed by atoms with E-state index >= 15 is 0 Å². The first-order chi connectivity index (χ1) is 12.8. The van der Waals surface area contributed by atoms with E-state index < -0.39 is 40.2 Å². The molecule has 28 heavy (non-hydrogen) atoms. The van der Waals surface area contributed by atoms with E-state index in [4.69, 9.17) is 0 Å². The average molecular weight is 398 g/mol. The molecule has 0 aromatic heterocycles. The van der Waals surface area contributed by atoms with Crippen LogP contribution in [-0.4, -0.2) is 28.9 Å². The zero-order valence-electron chi connectivity index (χ0n) is 15.3. The van der Waals surface area contributed by atoms with Gasteiger partial charge in [-0.15, -0.1) is 13.2 Å². The summed E-state index contributed by atoms with van der Waals surface area (Å²) >= 11 is 0. The number of hydrogen-bond donors (Lipinski definition) is 1. The first-order valence-electron chi connectivity index (χ1n) is 8.13. The number of carbonyl (C=O) groups excluding carboxylic acids is 1. The minimum atomic E-state index is -5.23. The van der Waals surface area contributed by atoms with Crippen molar-refractivity contribution >= 4 is 23.4 Å². The van der Waals surface area contributed by atoms with Gasteiger partial charge >= 0.3 is 12.4 Å². The molecule has 150 valence electrons. The minimum Gasteiger partial charge on any atom is -0.465 e. The van der Waals surface area contributed by atoms with Crippen LogP contribution in [0.25, 0.3) is 0 Å². The normalized spacial score (nSPS) is 11.8. The van der Waals surface area contributed by atoms with E-state index in [0.717, 1.165) is 11.0 Å². The van der Waals surface area contributed by atoms with Gasteiger partial charge in [-0.3, -0.25) is 9.69 Å². The van der Waals surface area contributed by atoms with Crippen LogP contribution < -0.4 is 9.80 Å². The largest absolute Gasteiger partial charge is 0.491 e. The molecule has 0 aliphatic heterocycles. The molecule has 0 saturated heterocycles. The van der Waals surface area contributed by atoms with E-state index in [0.29, 0.717) is 12.1 Å². The molecule has 2 rings (SSSR count). The van der Waals surface area contributed by atoms with Crippen LogP contribution >= 0.6 is 0 Å². The van der Waals surface area contributed by atoms with Crippen LogP contribution in [0.3, 0.4) is 0 Å². The summed E-state index contributed by atoms with van der Waals surface area (Å²) in [5.74, 6) is -2.80. The van der Waals surface area contributed by atoms with Gasteiger partial charge in [0.15, 0.2) is 0 Å². The van der Waals surface area contributed by atoms with Crippen LogP contribution in [0, 0.1) is 5.82 Å². The smallest absolute Gasteiger partial charge is 0.465 e. The molecular formula is C19H18F4N2O3. The lowest BCUT2D eigenvalue weighted by Crippen LogP contribution is -2.46. The van der Waals surface area contributed by atoms with Crippen LogP contribution in [0.15, 0.2) is 48.5 Å². The van der Waals surface area contributed by atoms with Crippen LogP contribution in [0.5, 0.6) is 0 Å². The number of nitrogens with zero attached hydrogens (tertiary/aromatic N) is 2. The van der Waals surface area contributed by atoms with Gasteiger partial charge in [0, 0.05) is 16.8 Å². The van der Waals surface area contributed by atoms with Crippen molar-refractivity contribution < 1.29 is 32.3 Å². The first kappa shape index (κ1) is 21.2. The maximum absolute atomic E-state index is 14.3. The zero-order chi connectivity index (χ0) is 21.3. The highest BCUT2D eigenvalue weighted by molar-refractivity contribution is 6.07. The predicted octanol–water partition coefficient (Wildman–Crippen LogP) is 5.28. The summed E-state index contributed by atoms with van der Waals surface area (Å²) in [7, 11) is 0. The third kappa shape index (κ3) is 4.41. The number of amides is 2. The summed E-state index contributed by atoms with van der Waals surface area (Å²) in [5.41, 5.74) is -2.61. The number of anilines is 2. The Labute approximate surface area is 158 Å². The summed E-state index contributed by atoms with van der Waals surface area (Å²) in [6, 6.07) is 9.04. The van der Waals surface area contributed by atoms with Gasteiger partial charge in [0.25, 0.3) is 5.91 Å². The fraction of sp³-hybridized carbons (Fsp3) is 0.263. The van der Waals surface area contributed by atoms with Crippen LogP contribution in [-0.2, 0) is 0 Å². The second kappa shape index (κ2) is 7.49. The molecule has 0 atom stereocenters. The van der Waals surface area contributed by atoms with Crippen molar-refractivity contribution in [2.75, 3.05) is 9.80 Å². The van der Waals surface area contributed by atoms with Gasteiger partial charge in [-0.25, -0.2) is 14.1 Å². The number of hydrogen-bond acceptors (Lipinski definition) is 2.